The van der Waals surface area contributed by atoms with Crippen molar-refractivity contribution in [1.29, 1.82) is 0 Å². The molecule has 9 heteroatoms. The zero-order chi connectivity index (χ0) is 35.7. The van der Waals surface area contributed by atoms with Crippen LogP contribution in [0.1, 0.15) is 15.2 Å². The number of pyridine rings is 2. The Kier molecular flexibility index (Phi) is 6.89. The van der Waals surface area contributed by atoms with Crippen molar-refractivity contribution < 1.29 is 23.1 Å². The van der Waals surface area contributed by atoms with E-state index in [-0.39, 0.29) is 11.4 Å². The number of rotatable bonds is 9. The third kappa shape index (κ3) is 6.45. The van der Waals surface area contributed by atoms with Gasteiger partial charge in [0.15, 0.2) is 0 Å². The SMILES string of the molecule is [2H]C([2H])([2H])c1ccnc(Oc2cccc(Oc3ccc4c5ccc(Oc6cccc(Oc7cc(C)ccn7)c6)cc5n(-c5ncccn5)c4c3)c2)c1. The van der Waals surface area contributed by atoms with E-state index >= 15 is 0 Å². The van der Waals surface area contributed by atoms with Crippen LogP contribution in [-0.4, -0.2) is 24.5 Å². The molecular formula is C40H29N5O4. The minimum atomic E-state index is -2.27. The van der Waals surface area contributed by atoms with Crippen molar-refractivity contribution in [3.63, 3.8) is 0 Å². The third-order valence-electron chi connectivity index (χ3n) is 7.61. The minimum Gasteiger partial charge on any atom is -0.457 e. The van der Waals surface area contributed by atoms with Crippen LogP contribution in [0.15, 0.2) is 140 Å². The third-order valence-corrected chi connectivity index (χ3v) is 7.61. The summed E-state index contributed by atoms with van der Waals surface area (Å²) in [6.45, 7) is -0.284. The van der Waals surface area contributed by atoms with Crippen LogP contribution in [0.3, 0.4) is 0 Å². The van der Waals surface area contributed by atoms with Gasteiger partial charge in [0, 0.05) is 76.1 Å². The Morgan fingerprint density at radius 2 is 0.959 bits per heavy atom. The second-order valence-electron chi connectivity index (χ2n) is 11.2. The van der Waals surface area contributed by atoms with E-state index in [4.69, 9.17) is 23.1 Å². The highest BCUT2D eigenvalue weighted by molar-refractivity contribution is 6.09. The van der Waals surface area contributed by atoms with E-state index in [1.54, 1.807) is 48.9 Å². The molecule has 0 bridgehead atoms. The van der Waals surface area contributed by atoms with Gasteiger partial charge in [-0.2, -0.15) is 0 Å². The summed E-state index contributed by atoms with van der Waals surface area (Å²) in [7, 11) is 0. The fourth-order valence-electron chi connectivity index (χ4n) is 5.47. The summed E-state index contributed by atoms with van der Waals surface area (Å²) < 4.78 is 49.5. The molecule has 0 unspecified atom stereocenters. The summed E-state index contributed by atoms with van der Waals surface area (Å²) in [6.07, 6.45) is 6.52. The molecule has 0 spiro atoms. The number of hydrogen-bond donors (Lipinski definition) is 0. The van der Waals surface area contributed by atoms with Crippen molar-refractivity contribution in [2.75, 3.05) is 0 Å². The van der Waals surface area contributed by atoms with Crippen molar-refractivity contribution in [3.05, 3.63) is 151 Å². The van der Waals surface area contributed by atoms with Crippen LogP contribution >= 0.6 is 0 Å². The molecule has 0 aliphatic heterocycles. The van der Waals surface area contributed by atoms with Crippen molar-refractivity contribution >= 4 is 21.8 Å². The molecule has 0 radical (unpaired) electrons. The van der Waals surface area contributed by atoms with Gasteiger partial charge < -0.3 is 18.9 Å². The Morgan fingerprint density at radius 3 is 1.49 bits per heavy atom. The van der Waals surface area contributed by atoms with Crippen molar-refractivity contribution in [1.82, 2.24) is 24.5 Å². The molecule has 0 saturated heterocycles. The lowest BCUT2D eigenvalue weighted by atomic mass is 10.1. The number of aromatic nitrogens is 5. The summed E-state index contributed by atoms with van der Waals surface area (Å²) in [5.74, 6) is 4.52. The molecule has 4 heterocycles. The van der Waals surface area contributed by atoms with Crippen LogP contribution in [0, 0.1) is 13.8 Å². The van der Waals surface area contributed by atoms with E-state index in [0.29, 0.717) is 46.3 Å². The standard InChI is InChI=1S/C40H29N5O4/c1-26-14-18-41-38(20-26)48-30-8-3-6-28(22-30)46-32-10-12-34-35-13-11-33(25-37(35)45(36(34)24-32)40-43-16-5-17-44-40)47-29-7-4-9-31(23-29)49-39-21-27(2)15-19-42-39/h3-25H,1-2H3/i1D3. The Bertz CT molecular complexity index is 2560. The van der Waals surface area contributed by atoms with E-state index in [2.05, 4.69) is 19.9 Å². The summed E-state index contributed by atoms with van der Waals surface area (Å²) in [6, 6.07) is 34.6. The molecule has 49 heavy (non-hydrogen) atoms. The van der Waals surface area contributed by atoms with Gasteiger partial charge >= 0.3 is 0 Å². The molecule has 9 nitrogen and oxygen atoms in total. The van der Waals surface area contributed by atoms with Gasteiger partial charge in [0.2, 0.25) is 17.7 Å². The highest BCUT2D eigenvalue weighted by Gasteiger charge is 2.17. The Balaban J connectivity index is 1.10. The average molecular weight is 647 g/mol. The number of aryl methyl sites for hydroxylation is 2. The van der Waals surface area contributed by atoms with Gasteiger partial charge in [-0.05, 0) is 91.6 Å². The monoisotopic (exact) mass is 646 g/mol. The van der Waals surface area contributed by atoms with Crippen LogP contribution in [0.25, 0.3) is 27.8 Å². The van der Waals surface area contributed by atoms with Gasteiger partial charge in [-0.25, -0.2) is 19.9 Å². The predicted molar refractivity (Wildman–Crippen MR) is 187 cm³/mol. The van der Waals surface area contributed by atoms with Crippen LogP contribution in [0.2, 0.25) is 0 Å². The van der Waals surface area contributed by atoms with Crippen LogP contribution in [0.4, 0.5) is 0 Å². The average Bonchev–Trinajstić information content (AvgIpc) is 3.45. The van der Waals surface area contributed by atoms with Crippen LogP contribution in [-0.2, 0) is 0 Å². The number of benzene rings is 4. The van der Waals surface area contributed by atoms with Gasteiger partial charge in [0.25, 0.3) is 0 Å². The molecule has 8 aromatic rings. The second-order valence-corrected chi connectivity index (χ2v) is 11.2. The lowest BCUT2D eigenvalue weighted by molar-refractivity contribution is 0.448. The summed E-state index contributed by atoms with van der Waals surface area (Å²) in [5.41, 5.74) is 2.87. The number of ether oxygens (including phenoxy) is 4. The van der Waals surface area contributed by atoms with E-state index in [1.807, 2.05) is 84.3 Å². The first-order chi connectivity index (χ1) is 25.2. The van der Waals surface area contributed by atoms with E-state index < -0.39 is 6.85 Å². The second kappa shape index (κ2) is 12.8. The molecule has 8 rings (SSSR count). The van der Waals surface area contributed by atoms with Gasteiger partial charge in [-0.1, -0.05) is 12.1 Å². The molecule has 0 aliphatic rings. The van der Waals surface area contributed by atoms with Crippen molar-refractivity contribution in [3.8, 4) is 52.2 Å². The van der Waals surface area contributed by atoms with E-state index in [1.165, 1.54) is 18.3 Å². The zero-order valence-electron chi connectivity index (χ0n) is 29.1. The topological polar surface area (TPSA) is 93.4 Å². The maximum absolute atomic E-state index is 7.68. The normalized spacial score (nSPS) is 12.2. The molecule has 238 valence electrons. The smallest absolute Gasteiger partial charge is 0.234 e. The summed E-state index contributed by atoms with van der Waals surface area (Å²) in [5, 5.41) is 1.95. The number of hydrogen-bond acceptors (Lipinski definition) is 8. The minimum absolute atomic E-state index is 0.144. The lowest BCUT2D eigenvalue weighted by Gasteiger charge is -2.10. The number of nitrogens with zero attached hydrogens (tertiary/aromatic N) is 5. The zero-order valence-corrected chi connectivity index (χ0v) is 26.1. The Morgan fingerprint density at radius 1 is 0.469 bits per heavy atom. The van der Waals surface area contributed by atoms with Crippen LogP contribution < -0.4 is 18.9 Å². The molecule has 4 aromatic carbocycles. The maximum atomic E-state index is 7.68. The largest absolute Gasteiger partial charge is 0.457 e. The molecule has 0 N–H and O–H groups in total. The molecule has 0 amide bonds. The van der Waals surface area contributed by atoms with E-state index in [9.17, 15) is 0 Å². The first-order valence-corrected chi connectivity index (χ1v) is 15.4. The van der Waals surface area contributed by atoms with Crippen molar-refractivity contribution in [2.24, 2.45) is 0 Å². The van der Waals surface area contributed by atoms with Crippen molar-refractivity contribution in [2.45, 2.75) is 13.8 Å². The highest BCUT2D eigenvalue weighted by atomic mass is 16.5. The molecule has 0 fully saturated rings. The molecular weight excluding hydrogens is 614 g/mol. The summed E-state index contributed by atoms with van der Waals surface area (Å²) >= 11 is 0. The maximum Gasteiger partial charge on any atom is 0.234 e. The lowest BCUT2D eigenvalue weighted by Crippen LogP contribution is -2.00. The quantitative estimate of drug-likeness (QED) is 0.153. The Labute approximate surface area is 286 Å². The van der Waals surface area contributed by atoms with Crippen LogP contribution in [0.5, 0.6) is 46.3 Å². The first-order valence-electron chi connectivity index (χ1n) is 16.9. The predicted octanol–water partition coefficient (Wildman–Crippen LogP) is 10.1. The van der Waals surface area contributed by atoms with Gasteiger partial charge in [-0.3, -0.25) is 4.57 Å². The van der Waals surface area contributed by atoms with Gasteiger partial charge in [0.05, 0.1) is 11.0 Å². The highest BCUT2D eigenvalue weighted by Crippen LogP contribution is 2.38. The van der Waals surface area contributed by atoms with E-state index in [0.717, 1.165) is 27.4 Å². The molecule has 0 aliphatic carbocycles. The van der Waals surface area contributed by atoms with Gasteiger partial charge in [-0.15, -0.1) is 0 Å². The number of fused-ring (bicyclic) bond motifs is 3. The summed E-state index contributed by atoms with van der Waals surface area (Å²) in [4.78, 5) is 17.6. The fourth-order valence-corrected chi connectivity index (χ4v) is 5.47. The fraction of sp³-hybridized carbons (Fsp3) is 0.0500. The Hall–Kier alpha value is -6.74. The molecule has 0 atom stereocenters. The van der Waals surface area contributed by atoms with Gasteiger partial charge in [0.1, 0.15) is 34.5 Å². The molecule has 4 aromatic heterocycles. The molecule has 0 saturated carbocycles. The first kappa shape index (κ1) is 26.3.